The average molecular weight is 730 g/mol. The van der Waals surface area contributed by atoms with Crippen LogP contribution in [-0.4, -0.2) is 118 Å². The lowest BCUT2D eigenvalue weighted by molar-refractivity contribution is -0.157. The molecule has 2 aliphatic rings. The minimum absolute atomic E-state index is 0.213. The summed E-state index contributed by atoms with van der Waals surface area (Å²) in [7, 11) is 3.00. The van der Waals surface area contributed by atoms with Crippen LogP contribution in [-0.2, 0) is 38.3 Å². The summed E-state index contributed by atoms with van der Waals surface area (Å²) < 4.78 is 5.41. The highest BCUT2D eigenvalue weighted by Crippen LogP contribution is 2.27. The fourth-order valence-electron chi connectivity index (χ4n) is 7.26. The zero-order chi connectivity index (χ0) is 39.6. The highest BCUT2D eigenvalue weighted by Gasteiger charge is 2.45. The molecule has 2 rings (SSSR count). The van der Waals surface area contributed by atoms with E-state index in [-0.39, 0.29) is 18.4 Å². The summed E-state index contributed by atoms with van der Waals surface area (Å²) in [5.74, 6) is -4.01. The minimum atomic E-state index is -1.41. The third kappa shape index (κ3) is 11.2. The van der Waals surface area contributed by atoms with E-state index in [2.05, 4.69) is 19.2 Å². The van der Waals surface area contributed by atoms with Crippen molar-refractivity contribution in [3.63, 3.8) is 0 Å². The van der Waals surface area contributed by atoms with E-state index in [0.717, 1.165) is 29.7 Å². The Kier molecular flexibility index (Phi) is 16.7. The number of nitrogens with one attached hydrogen (secondary N) is 1. The first-order valence-corrected chi connectivity index (χ1v) is 18.8. The smallest absolute Gasteiger partial charge is 0.302 e. The van der Waals surface area contributed by atoms with Crippen molar-refractivity contribution in [1.29, 1.82) is 0 Å². The predicted octanol–water partition coefficient (Wildman–Crippen LogP) is 3.86. The van der Waals surface area contributed by atoms with Gasteiger partial charge in [0.25, 0.3) is 11.8 Å². The second-order valence-corrected chi connectivity index (χ2v) is 15.3. The number of nitrogens with zero attached hydrogens (tertiary/aromatic N) is 4. The van der Waals surface area contributed by atoms with Gasteiger partial charge in [-0.25, -0.2) is 0 Å². The number of carbonyl (C=O) groups is 7. The number of ether oxygens (including phenoxy) is 1. The zero-order valence-corrected chi connectivity index (χ0v) is 33.4. The molecule has 292 valence electrons. The van der Waals surface area contributed by atoms with E-state index in [0.29, 0.717) is 25.2 Å². The fourth-order valence-corrected chi connectivity index (χ4v) is 7.26. The SMILES string of the molecule is CCCCC(C)CC(C)C(=O)N(C)C(C=C(C)C)C(=O)NC(C(=O)N(C)C(C(=O)N1CCCC1C(=O)N1C(=O)C=CC1C)C(C)C)C(C)OC(C)=O. The largest absolute Gasteiger partial charge is 0.460 e. The molecule has 8 unspecified atom stereocenters. The van der Waals surface area contributed by atoms with Crippen molar-refractivity contribution < 1.29 is 38.3 Å². The molecular weight excluding hydrogens is 666 g/mol. The summed E-state index contributed by atoms with van der Waals surface area (Å²) in [5.41, 5.74) is 0.776. The van der Waals surface area contributed by atoms with E-state index in [1.807, 2.05) is 6.92 Å². The van der Waals surface area contributed by atoms with Crippen LogP contribution in [0.25, 0.3) is 0 Å². The molecule has 1 fully saturated rings. The van der Waals surface area contributed by atoms with Gasteiger partial charge in [0.1, 0.15) is 30.3 Å². The van der Waals surface area contributed by atoms with E-state index >= 15 is 0 Å². The lowest BCUT2D eigenvalue weighted by Crippen LogP contribution is -2.62. The van der Waals surface area contributed by atoms with Gasteiger partial charge in [0, 0.05) is 39.6 Å². The maximum absolute atomic E-state index is 14.4. The Balaban J connectivity index is 2.40. The van der Waals surface area contributed by atoms with Gasteiger partial charge in [0.15, 0.2) is 0 Å². The molecule has 0 aromatic carbocycles. The Morgan fingerprint density at radius 2 is 1.63 bits per heavy atom. The topological polar surface area (TPSA) is 154 Å². The van der Waals surface area contributed by atoms with Crippen LogP contribution < -0.4 is 5.32 Å². The van der Waals surface area contributed by atoms with Gasteiger partial charge in [0.2, 0.25) is 23.6 Å². The van der Waals surface area contributed by atoms with Crippen LogP contribution >= 0.6 is 0 Å². The highest BCUT2D eigenvalue weighted by atomic mass is 16.5. The van der Waals surface area contributed by atoms with Crippen LogP contribution in [0.2, 0.25) is 0 Å². The first kappa shape index (κ1) is 44.1. The monoisotopic (exact) mass is 729 g/mol. The summed E-state index contributed by atoms with van der Waals surface area (Å²) in [6.45, 7) is 17.9. The summed E-state index contributed by atoms with van der Waals surface area (Å²) in [6.07, 6.45) is 8.22. The second-order valence-electron chi connectivity index (χ2n) is 15.3. The minimum Gasteiger partial charge on any atom is -0.460 e. The van der Waals surface area contributed by atoms with Crippen molar-refractivity contribution in [1.82, 2.24) is 24.9 Å². The van der Waals surface area contributed by atoms with E-state index < -0.39 is 77.7 Å². The molecular formula is C39H63N5O8. The molecule has 1 saturated heterocycles. The summed E-state index contributed by atoms with van der Waals surface area (Å²) >= 11 is 0. The number of carbonyl (C=O) groups excluding carboxylic acids is 7. The van der Waals surface area contributed by atoms with Crippen molar-refractivity contribution in [2.75, 3.05) is 20.6 Å². The number of likely N-dealkylation sites (tertiary alicyclic amines) is 1. The van der Waals surface area contributed by atoms with Crippen molar-refractivity contribution >= 4 is 41.4 Å². The normalized spacial score (nSPS) is 20.4. The van der Waals surface area contributed by atoms with Crippen LogP contribution in [0.1, 0.15) is 108 Å². The third-order valence-electron chi connectivity index (χ3n) is 10.0. The number of esters is 1. The Hall–Kier alpha value is -4.03. The molecule has 6 amide bonds. The maximum Gasteiger partial charge on any atom is 0.302 e. The van der Waals surface area contributed by atoms with Crippen LogP contribution in [0.5, 0.6) is 0 Å². The van der Waals surface area contributed by atoms with E-state index in [9.17, 15) is 33.6 Å². The Bertz CT molecular complexity index is 1390. The summed E-state index contributed by atoms with van der Waals surface area (Å²) in [5, 5.41) is 2.75. The first-order chi connectivity index (χ1) is 24.2. The van der Waals surface area contributed by atoms with E-state index in [4.69, 9.17) is 4.74 Å². The van der Waals surface area contributed by atoms with Crippen LogP contribution in [0.15, 0.2) is 23.8 Å². The molecule has 2 aliphatic heterocycles. The van der Waals surface area contributed by atoms with Crippen molar-refractivity contribution in [2.24, 2.45) is 17.8 Å². The molecule has 0 bridgehead atoms. The molecule has 13 heteroatoms. The van der Waals surface area contributed by atoms with Gasteiger partial charge >= 0.3 is 5.97 Å². The molecule has 0 radical (unpaired) electrons. The molecule has 52 heavy (non-hydrogen) atoms. The summed E-state index contributed by atoms with van der Waals surface area (Å²) in [4.78, 5) is 99.6. The van der Waals surface area contributed by atoms with Crippen molar-refractivity contribution in [3.8, 4) is 0 Å². The molecule has 13 nitrogen and oxygen atoms in total. The lowest BCUT2D eigenvalue weighted by Gasteiger charge is -2.38. The van der Waals surface area contributed by atoms with Crippen molar-refractivity contribution in [2.45, 2.75) is 144 Å². The van der Waals surface area contributed by atoms with E-state index in [1.54, 1.807) is 53.8 Å². The molecule has 0 spiro atoms. The van der Waals surface area contributed by atoms with Crippen molar-refractivity contribution in [3.05, 3.63) is 23.8 Å². The van der Waals surface area contributed by atoms with Gasteiger partial charge in [-0.05, 0) is 58.8 Å². The average Bonchev–Trinajstić information content (AvgIpc) is 3.69. The highest BCUT2D eigenvalue weighted by molar-refractivity contribution is 6.06. The molecule has 2 heterocycles. The second kappa shape index (κ2) is 19.7. The van der Waals surface area contributed by atoms with Gasteiger partial charge < -0.3 is 24.8 Å². The number of imide groups is 1. The quantitative estimate of drug-likeness (QED) is 0.135. The van der Waals surface area contributed by atoms with Crippen LogP contribution in [0, 0.1) is 17.8 Å². The third-order valence-corrected chi connectivity index (χ3v) is 10.0. The number of hydrogen-bond acceptors (Lipinski definition) is 8. The van der Waals surface area contributed by atoms with Crippen LogP contribution in [0.4, 0.5) is 0 Å². The zero-order valence-electron chi connectivity index (χ0n) is 33.4. The van der Waals surface area contributed by atoms with Gasteiger partial charge in [0.05, 0.1) is 6.04 Å². The van der Waals surface area contributed by atoms with Gasteiger partial charge in [-0.2, -0.15) is 0 Å². The molecule has 1 N–H and O–H groups in total. The predicted molar refractivity (Wildman–Crippen MR) is 198 cm³/mol. The fraction of sp³-hybridized carbons (Fsp3) is 0.718. The number of rotatable bonds is 17. The molecule has 0 aromatic rings. The lowest BCUT2D eigenvalue weighted by atomic mass is 9.92. The number of likely N-dealkylation sites (N-methyl/N-ethyl adjacent to an activating group) is 2. The number of allylic oxidation sites excluding steroid dienone is 1. The number of unbranched alkanes of at least 4 members (excludes halogenated alkanes) is 1. The Labute approximate surface area is 310 Å². The van der Waals surface area contributed by atoms with Crippen LogP contribution in [0.3, 0.4) is 0 Å². The molecule has 0 aromatic heterocycles. The number of hydrogen-bond donors (Lipinski definition) is 1. The molecule has 0 saturated carbocycles. The molecule has 8 atom stereocenters. The van der Waals surface area contributed by atoms with Gasteiger partial charge in [-0.1, -0.05) is 71.6 Å². The summed E-state index contributed by atoms with van der Waals surface area (Å²) in [6, 6.07) is -4.84. The first-order valence-electron chi connectivity index (χ1n) is 18.8. The Morgan fingerprint density at radius 3 is 2.15 bits per heavy atom. The van der Waals surface area contributed by atoms with Gasteiger partial charge in [-0.3, -0.25) is 38.5 Å². The Morgan fingerprint density at radius 1 is 1.00 bits per heavy atom. The molecule has 0 aliphatic carbocycles. The maximum atomic E-state index is 14.4. The van der Waals surface area contributed by atoms with E-state index in [1.165, 1.54) is 41.7 Å². The number of amides is 6. The standard InChI is InChI=1S/C39H63N5O8/c1-13-14-16-25(6)22-26(7)36(48)41(11)31(21-23(2)3)35(47)40-33(28(9)52-29(10)45)38(50)42(12)34(24(4)5)39(51)43-20-15-17-30(43)37(49)44-27(8)18-19-32(44)46/h18-19,21,24-28,30-31,33-34H,13-17,20,22H2,1-12H3,(H,40,47). The van der Waals surface area contributed by atoms with Gasteiger partial charge in [-0.15, -0.1) is 0 Å².